The number of nitrogens with one attached hydrogen (secondary N) is 4. The Balaban J connectivity index is 1.44. The third-order valence-electron chi connectivity index (χ3n) is 5.16. The number of rotatable bonds is 5. The van der Waals surface area contributed by atoms with Crippen LogP contribution in [0, 0.1) is 17.5 Å². The van der Waals surface area contributed by atoms with E-state index in [1.54, 1.807) is 12.1 Å². The van der Waals surface area contributed by atoms with Gasteiger partial charge in [0.05, 0.1) is 12.3 Å². The summed E-state index contributed by atoms with van der Waals surface area (Å²) in [4.78, 5) is 16.5. The maximum absolute atomic E-state index is 13.5. The van der Waals surface area contributed by atoms with Crippen molar-refractivity contribution >= 4 is 11.9 Å². The highest BCUT2D eigenvalue weighted by Crippen LogP contribution is 2.21. The van der Waals surface area contributed by atoms with Crippen LogP contribution in [-0.4, -0.2) is 37.3 Å². The summed E-state index contributed by atoms with van der Waals surface area (Å²) in [6.45, 7) is 1.13. The van der Waals surface area contributed by atoms with Gasteiger partial charge in [0.15, 0.2) is 11.6 Å². The highest BCUT2D eigenvalue weighted by molar-refractivity contribution is 6.02. The second-order valence-corrected chi connectivity index (χ2v) is 7.38. The average molecular weight is 433 g/mol. The van der Waals surface area contributed by atoms with Crippen molar-refractivity contribution in [2.45, 2.75) is 31.2 Å². The molecule has 2 saturated heterocycles. The monoisotopic (exact) mass is 433 g/mol. The molecule has 164 valence electrons. The maximum Gasteiger partial charge on any atom is 0.280 e. The van der Waals surface area contributed by atoms with Gasteiger partial charge in [-0.25, -0.2) is 24.0 Å². The van der Waals surface area contributed by atoms with Gasteiger partial charge in [-0.05, 0) is 42.3 Å². The minimum Gasteiger partial charge on any atom is -0.376 e. The molecule has 0 saturated carbocycles. The number of aliphatic imine (C=N–C) groups is 1. The SMILES string of the molecule is O=C(/N=C(/NCC1CCO1)NC1CC(c2ccc(F)cc2)NN1)c1ccc(F)c(F)c1. The molecule has 2 aliphatic rings. The van der Waals surface area contributed by atoms with Crippen LogP contribution < -0.4 is 21.5 Å². The number of halogens is 3. The third kappa shape index (κ3) is 5.40. The first-order valence-electron chi connectivity index (χ1n) is 9.94. The van der Waals surface area contributed by atoms with Gasteiger partial charge in [-0.3, -0.25) is 4.79 Å². The van der Waals surface area contributed by atoms with Crippen molar-refractivity contribution in [3.63, 3.8) is 0 Å². The van der Waals surface area contributed by atoms with Gasteiger partial charge in [0.2, 0.25) is 5.96 Å². The van der Waals surface area contributed by atoms with Crippen LogP contribution in [0.15, 0.2) is 47.5 Å². The number of carbonyl (C=O) groups is 1. The van der Waals surface area contributed by atoms with Gasteiger partial charge in [-0.1, -0.05) is 12.1 Å². The Morgan fingerprint density at radius 3 is 2.55 bits per heavy atom. The lowest BCUT2D eigenvalue weighted by Crippen LogP contribution is -2.51. The molecule has 0 aromatic heterocycles. The molecular formula is C21H22F3N5O2. The van der Waals surface area contributed by atoms with Crippen LogP contribution in [0.3, 0.4) is 0 Å². The Labute approximate surface area is 177 Å². The van der Waals surface area contributed by atoms with Gasteiger partial charge in [0, 0.05) is 31.2 Å². The molecule has 7 nitrogen and oxygen atoms in total. The summed E-state index contributed by atoms with van der Waals surface area (Å²) >= 11 is 0. The minimum absolute atomic E-state index is 0.0204. The van der Waals surface area contributed by atoms with E-state index in [0.29, 0.717) is 19.6 Å². The highest BCUT2D eigenvalue weighted by Gasteiger charge is 2.26. The lowest BCUT2D eigenvalue weighted by atomic mass is 10.0. The quantitative estimate of drug-likeness (QED) is 0.427. The zero-order valence-electron chi connectivity index (χ0n) is 16.5. The summed E-state index contributed by atoms with van der Waals surface area (Å²) < 4.78 is 45.2. The van der Waals surface area contributed by atoms with Gasteiger partial charge >= 0.3 is 0 Å². The standard InChI is InChI=1S/C21H22F3N5O2/c22-14-4-1-12(2-5-14)18-10-19(29-28-18)26-21(25-11-15-7-8-31-15)27-20(30)13-3-6-16(23)17(24)9-13/h1-6,9,15,18-19,28-29H,7-8,10-11H2,(H2,25,26,27,30). The van der Waals surface area contributed by atoms with Crippen LogP contribution in [-0.2, 0) is 4.74 Å². The summed E-state index contributed by atoms with van der Waals surface area (Å²) in [6.07, 6.45) is 1.21. The van der Waals surface area contributed by atoms with E-state index < -0.39 is 17.5 Å². The second kappa shape index (κ2) is 9.46. The molecule has 3 atom stereocenters. The highest BCUT2D eigenvalue weighted by atomic mass is 19.2. The smallest absolute Gasteiger partial charge is 0.280 e. The van der Waals surface area contributed by atoms with E-state index in [1.165, 1.54) is 18.2 Å². The fourth-order valence-corrected chi connectivity index (χ4v) is 3.30. The number of nitrogens with zero attached hydrogens (tertiary/aromatic N) is 1. The molecule has 2 aromatic rings. The van der Waals surface area contributed by atoms with Gasteiger partial charge in [0.1, 0.15) is 5.82 Å². The molecule has 10 heteroatoms. The largest absolute Gasteiger partial charge is 0.376 e. The van der Waals surface area contributed by atoms with Crippen LogP contribution >= 0.6 is 0 Å². The molecular weight excluding hydrogens is 411 g/mol. The topological polar surface area (TPSA) is 86.8 Å². The molecule has 2 fully saturated rings. The summed E-state index contributed by atoms with van der Waals surface area (Å²) in [6, 6.07) is 8.99. The molecule has 31 heavy (non-hydrogen) atoms. The van der Waals surface area contributed by atoms with E-state index in [1.807, 2.05) is 0 Å². The van der Waals surface area contributed by atoms with Gasteiger partial charge < -0.3 is 15.4 Å². The molecule has 3 unspecified atom stereocenters. The molecule has 0 radical (unpaired) electrons. The van der Waals surface area contributed by atoms with E-state index in [9.17, 15) is 18.0 Å². The van der Waals surface area contributed by atoms with E-state index in [4.69, 9.17) is 4.74 Å². The van der Waals surface area contributed by atoms with Crippen LogP contribution in [0.2, 0.25) is 0 Å². The molecule has 0 aliphatic carbocycles. The Bertz CT molecular complexity index is 966. The number of benzene rings is 2. The fraction of sp³-hybridized carbons (Fsp3) is 0.333. The van der Waals surface area contributed by atoms with Crippen LogP contribution in [0.5, 0.6) is 0 Å². The first-order valence-corrected chi connectivity index (χ1v) is 9.94. The van der Waals surface area contributed by atoms with Gasteiger partial charge in [-0.2, -0.15) is 4.99 Å². The molecule has 0 bridgehead atoms. The van der Waals surface area contributed by atoms with Crippen LogP contribution in [0.4, 0.5) is 13.2 Å². The maximum atomic E-state index is 13.5. The number of ether oxygens (including phenoxy) is 1. The van der Waals surface area contributed by atoms with Crippen molar-refractivity contribution < 1.29 is 22.7 Å². The van der Waals surface area contributed by atoms with E-state index >= 15 is 0 Å². The molecule has 1 amide bonds. The zero-order chi connectivity index (χ0) is 21.8. The number of carbonyl (C=O) groups excluding carboxylic acids is 1. The van der Waals surface area contributed by atoms with E-state index in [2.05, 4.69) is 26.5 Å². The van der Waals surface area contributed by atoms with Gasteiger partial charge in [0.25, 0.3) is 5.91 Å². The average Bonchev–Trinajstić information content (AvgIpc) is 3.17. The lowest BCUT2D eigenvalue weighted by Gasteiger charge is -2.27. The molecule has 2 aromatic carbocycles. The summed E-state index contributed by atoms with van der Waals surface area (Å²) in [5.41, 5.74) is 7.02. The van der Waals surface area contributed by atoms with Gasteiger partial charge in [-0.15, -0.1) is 0 Å². The minimum atomic E-state index is -1.12. The third-order valence-corrected chi connectivity index (χ3v) is 5.16. The van der Waals surface area contributed by atoms with Crippen LogP contribution in [0.1, 0.15) is 34.8 Å². The molecule has 4 N–H and O–H groups in total. The van der Waals surface area contributed by atoms with Crippen molar-refractivity contribution in [2.75, 3.05) is 13.2 Å². The normalized spacial score (nSPS) is 23.3. The summed E-state index contributed by atoms with van der Waals surface area (Å²) in [7, 11) is 0. The first-order chi connectivity index (χ1) is 15.0. The second-order valence-electron chi connectivity index (χ2n) is 7.38. The van der Waals surface area contributed by atoms with Crippen molar-refractivity contribution in [1.29, 1.82) is 0 Å². The molecule has 4 rings (SSSR count). The predicted molar refractivity (Wildman–Crippen MR) is 107 cm³/mol. The molecule has 2 aliphatic heterocycles. The Hall–Kier alpha value is -2.95. The summed E-state index contributed by atoms with van der Waals surface area (Å²) in [5.74, 6) is -2.99. The Morgan fingerprint density at radius 1 is 1.10 bits per heavy atom. The van der Waals surface area contributed by atoms with E-state index in [-0.39, 0.29) is 35.7 Å². The molecule has 2 heterocycles. The van der Waals surface area contributed by atoms with Crippen molar-refractivity contribution in [3.8, 4) is 0 Å². The predicted octanol–water partition coefficient (Wildman–Crippen LogP) is 2.13. The number of hydrazine groups is 1. The Morgan fingerprint density at radius 2 is 1.87 bits per heavy atom. The first kappa shape index (κ1) is 21.3. The molecule has 0 spiro atoms. The lowest BCUT2D eigenvalue weighted by molar-refractivity contribution is -0.0461. The number of amides is 1. The van der Waals surface area contributed by atoms with Crippen molar-refractivity contribution in [2.24, 2.45) is 4.99 Å². The zero-order valence-corrected chi connectivity index (χ0v) is 16.5. The number of guanidine groups is 1. The van der Waals surface area contributed by atoms with Crippen LogP contribution in [0.25, 0.3) is 0 Å². The van der Waals surface area contributed by atoms with E-state index in [0.717, 1.165) is 24.1 Å². The summed E-state index contributed by atoms with van der Waals surface area (Å²) in [5, 5.41) is 6.15. The number of hydrogen-bond acceptors (Lipinski definition) is 4. The van der Waals surface area contributed by atoms with Crippen molar-refractivity contribution in [1.82, 2.24) is 21.5 Å². The Kier molecular flexibility index (Phi) is 6.50. The number of hydrogen-bond donors (Lipinski definition) is 4. The fourth-order valence-electron chi connectivity index (χ4n) is 3.30. The van der Waals surface area contributed by atoms with Crippen molar-refractivity contribution in [3.05, 3.63) is 71.0 Å².